The lowest BCUT2D eigenvalue weighted by Crippen LogP contribution is -2.32. The Balaban J connectivity index is 1.75. The first kappa shape index (κ1) is 14.4. The summed E-state index contributed by atoms with van der Waals surface area (Å²) < 4.78 is 0.889. The van der Waals surface area contributed by atoms with Crippen molar-refractivity contribution in [3.63, 3.8) is 0 Å². The monoisotopic (exact) mass is 356 g/mol. The Labute approximate surface area is 132 Å². The van der Waals surface area contributed by atoms with E-state index in [4.69, 9.17) is 17.3 Å². The van der Waals surface area contributed by atoms with Gasteiger partial charge in [0.25, 0.3) is 5.91 Å². The third kappa shape index (κ3) is 2.74. The number of carbonyl (C=O) groups is 1. The van der Waals surface area contributed by atoms with Crippen LogP contribution in [0.25, 0.3) is 0 Å². The minimum Gasteiger partial charge on any atom is -0.338 e. The molecule has 20 heavy (non-hydrogen) atoms. The fourth-order valence-electron chi connectivity index (χ4n) is 3.47. The molecule has 0 aromatic heterocycles. The number of hydrogen-bond donors (Lipinski definition) is 1. The van der Waals surface area contributed by atoms with Crippen LogP contribution in [0.15, 0.2) is 22.7 Å². The van der Waals surface area contributed by atoms with E-state index < -0.39 is 0 Å². The molecule has 3 atom stereocenters. The van der Waals surface area contributed by atoms with Gasteiger partial charge in [0, 0.05) is 23.6 Å². The highest BCUT2D eigenvalue weighted by atomic mass is 79.9. The molecule has 5 heteroatoms. The molecular weight excluding hydrogens is 340 g/mol. The van der Waals surface area contributed by atoms with E-state index in [2.05, 4.69) is 15.9 Å². The Morgan fingerprint density at radius 3 is 2.80 bits per heavy atom. The average Bonchev–Trinajstić information content (AvgIpc) is 2.81. The molecule has 3 nitrogen and oxygen atoms in total. The van der Waals surface area contributed by atoms with Gasteiger partial charge in [-0.15, -0.1) is 0 Å². The molecule has 2 aliphatic rings. The van der Waals surface area contributed by atoms with Gasteiger partial charge in [0.05, 0.1) is 10.6 Å². The summed E-state index contributed by atoms with van der Waals surface area (Å²) in [6.07, 6.45) is 3.27. The van der Waals surface area contributed by atoms with Crippen LogP contribution < -0.4 is 5.73 Å². The smallest absolute Gasteiger partial charge is 0.255 e. The Bertz CT molecular complexity index is 537. The molecule has 1 heterocycles. The number of amides is 1. The molecule has 3 rings (SSSR count). The number of halogens is 2. The Hall–Kier alpha value is -0.580. The van der Waals surface area contributed by atoms with Gasteiger partial charge in [-0.1, -0.05) is 27.5 Å². The van der Waals surface area contributed by atoms with Crippen molar-refractivity contribution in [3.05, 3.63) is 33.3 Å². The molecular formula is C15H18BrClN2O. The third-order valence-electron chi connectivity index (χ3n) is 4.54. The summed E-state index contributed by atoms with van der Waals surface area (Å²) in [5.74, 6) is 1.23. The summed E-state index contributed by atoms with van der Waals surface area (Å²) in [4.78, 5) is 14.5. The van der Waals surface area contributed by atoms with Crippen molar-refractivity contribution >= 4 is 33.4 Å². The van der Waals surface area contributed by atoms with Crippen LogP contribution in [-0.4, -0.2) is 29.9 Å². The van der Waals surface area contributed by atoms with E-state index in [0.717, 1.165) is 36.8 Å². The molecule has 1 aliphatic heterocycles. The molecule has 0 spiro atoms. The van der Waals surface area contributed by atoms with Crippen LogP contribution >= 0.6 is 27.5 Å². The van der Waals surface area contributed by atoms with Crippen LogP contribution in [0.4, 0.5) is 0 Å². The normalized spacial score (nSPS) is 29.4. The second kappa shape index (κ2) is 5.66. The van der Waals surface area contributed by atoms with Crippen molar-refractivity contribution < 1.29 is 4.79 Å². The minimum atomic E-state index is 0.0467. The molecule has 1 aromatic carbocycles. The van der Waals surface area contributed by atoms with Crippen LogP contribution in [0.2, 0.25) is 5.02 Å². The zero-order valence-corrected chi connectivity index (χ0v) is 13.5. The van der Waals surface area contributed by atoms with Gasteiger partial charge in [-0.2, -0.15) is 0 Å². The maximum Gasteiger partial charge on any atom is 0.255 e. The third-order valence-corrected chi connectivity index (χ3v) is 5.34. The lowest BCUT2D eigenvalue weighted by molar-refractivity contribution is 0.0784. The largest absolute Gasteiger partial charge is 0.338 e. The summed E-state index contributed by atoms with van der Waals surface area (Å²) in [6.45, 7) is 1.67. The van der Waals surface area contributed by atoms with Gasteiger partial charge in [-0.05, 0) is 49.3 Å². The quantitative estimate of drug-likeness (QED) is 0.838. The first-order chi connectivity index (χ1) is 9.54. The van der Waals surface area contributed by atoms with Gasteiger partial charge in [0.2, 0.25) is 0 Å². The van der Waals surface area contributed by atoms with E-state index in [-0.39, 0.29) is 5.91 Å². The van der Waals surface area contributed by atoms with Gasteiger partial charge in [-0.3, -0.25) is 4.79 Å². The second-order valence-corrected chi connectivity index (χ2v) is 7.25. The van der Waals surface area contributed by atoms with E-state index >= 15 is 0 Å². The summed E-state index contributed by atoms with van der Waals surface area (Å²) in [6, 6.07) is 5.73. The summed E-state index contributed by atoms with van der Waals surface area (Å²) in [7, 11) is 0. The highest BCUT2D eigenvalue weighted by molar-refractivity contribution is 9.10. The van der Waals surface area contributed by atoms with E-state index in [9.17, 15) is 4.79 Å². The molecule has 0 radical (unpaired) electrons. The maximum atomic E-state index is 12.6. The molecule has 1 saturated carbocycles. The van der Waals surface area contributed by atoms with Crippen LogP contribution in [0, 0.1) is 11.8 Å². The van der Waals surface area contributed by atoms with Crippen LogP contribution in [-0.2, 0) is 0 Å². The number of carbonyl (C=O) groups excluding carboxylic acids is 1. The van der Waals surface area contributed by atoms with Gasteiger partial charge >= 0.3 is 0 Å². The van der Waals surface area contributed by atoms with E-state index in [1.54, 1.807) is 12.1 Å². The lowest BCUT2D eigenvalue weighted by atomic mass is 9.79. The average molecular weight is 358 g/mol. The minimum absolute atomic E-state index is 0.0467. The first-order valence-corrected chi connectivity index (χ1v) is 8.21. The SMILES string of the molecule is NC1CC[C@@H]2CN(C(=O)c3ccc(Br)cc3Cl)C[C@@H]2C1. The Morgan fingerprint density at radius 2 is 2.05 bits per heavy atom. The van der Waals surface area contributed by atoms with Gasteiger partial charge in [-0.25, -0.2) is 0 Å². The van der Waals surface area contributed by atoms with Crippen LogP contribution in [0.3, 0.4) is 0 Å². The van der Waals surface area contributed by atoms with Gasteiger partial charge < -0.3 is 10.6 Å². The van der Waals surface area contributed by atoms with Crippen molar-refractivity contribution in [2.24, 2.45) is 17.6 Å². The zero-order valence-electron chi connectivity index (χ0n) is 11.2. The number of hydrogen-bond acceptors (Lipinski definition) is 2. The molecule has 0 bridgehead atoms. The summed E-state index contributed by atoms with van der Waals surface area (Å²) in [5.41, 5.74) is 6.63. The number of nitrogens with two attached hydrogens (primary N) is 1. The van der Waals surface area contributed by atoms with Crippen molar-refractivity contribution in [2.75, 3.05) is 13.1 Å². The molecule has 1 amide bonds. The van der Waals surface area contributed by atoms with Crippen molar-refractivity contribution in [2.45, 2.75) is 25.3 Å². The van der Waals surface area contributed by atoms with E-state index in [1.165, 1.54) is 0 Å². The number of fused-ring (bicyclic) bond motifs is 1. The second-order valence-electron chi connectivity index (χ2n) is 5.93. The van der Waals surface area contributed by atoms with Crippen molar-refractivity contribution in [1.29, 1.82) is 0 Å². The summed E-state index contributed by atoms with van der Waals surface area (Å²) in [5, 5.41) is 0.510. The molecule has 2 fully saturated rings. The standard InChI is InChI=1S/C15H18BrClN2O/c16-11-2-4-13(14(17)6-11)15(20)19-7-9-1-3-12(18)5-10(9)8-19/h2,4,6,9-10,12H,1,3,5,7-8,18H2/t9-,10+,12?/m1/s1. The van der Waals surface area contributed by atoms with Crippen molar-refractivity contribution in [1.82, 2.24) is 4.90 Å². The molecule has 2 N–H and O–H groups in total. The Morgan fingerprint density at radius 1 is 1.30 bits per heavy atom. The molecule has 1 saturated heterocycles. The zero-order chi connectivity index (χ0) is 14.3. The Kier molecular flexibility index (Phi) is 4.07. The molecule has 1 aromatic rings. The first-order valence-electron chi connectivity index (χ1n) is 7.04. The number of rotatable bonds is 1. The number of nitrogens with zero attached hydrogens (tertiary/aromatic N) is 1. The van der Waals surface area contributed by atoms with E-state index in [0.29, 0.717) is 28.5 Å². The topological polar surface area (TPSA) is 46.3 Å². The highest BCUT2D eigenvalue weighted by Crippen LogP contribution is 2.36. The fraction of sp³-hybridized carbons (Fsp3) is 0.533. The predicted octanol–water partition coefficient (Wildman–Crippen LogP) is 3.30. The fourth-order valence-corrected chi connectivity index (χ4v) is 4.22. The van der Waals surface area contributed by atoms with Crippen LogP contribution in [0.5, 0.6) is 0 Å². The number of likely N-dealkylation sites (tertiary alicyclic amines) is 1. The van der Waals surface area contributed by atoms with Crippen molar-refractivity contribution in [3.8, 4) is 0 Å². The lowest BCUT2D eigenvalue weighted by Gasteiger charge is -2.27. The highest BCUT2D eigenvalue weighted by Gasteiger charge is 2.38. The van der Waals surface area contributed by atoms with Gasteiger partial charge in [0.1, 0.15) is 0 Å². The summed E-state index contributed by atoms with van der Waals surface area (Å²) >= 11 is 9.54. The molecule has 1 aliphatic carbocycles. The molecule has 1 unspecified atom stereocenters. The van der Waals surface area contributed by atoms with E-state index in [1.807, 2.05) is 11.0 Å². The predicted molar refractivity (Wildman–Crippen MR) is 83.9 cm³/mol. The number of benzene rings is 1. The van der Waals surface area contributed by atoms with Gasteiger partial charge in [0.15, 0.2) is 0 Å². The molecule has 108 valence electrons. The van der Waals surface area contributed by atoms with Crippen LogP contribution in [0.1, 0.15) is 29.6 Å². The maximum absolute atomic E-state index is 12.6.